The van der Waals surface area contributed by atoms with Gasteiger partial charge in [-0.3, -0.25) is 0 Å². The summed E-state index contributed by atoms with van der Waals surface area (Å²) in [4.78, 5) is -0.270. The molecule has 0 aliphatic heterocycles. The van der Waals surface area contributed by atoms with Crippen LogP contribution in [-0.2, 0) is 10.1 Å². The van der Waals surface area contributed by atoms with Gasteiger partial charge >= 0.3 is 104 Å². The summed E-state index contributed by atoms with van der Waals surface area (Å²) in [6.07, 6.45) is 0. The molecule has 1 aromatic carbocycles. The zero-order valence-electron chi connectivity index (χ0n) is 6.58. The summed E-state index contributed by atoms with van der Waals surface area (Å²) >= 11 is 11.7. The van der Waals surface area contributed by atoms with E-state index in [4.69, 9.17) is 27.8 Å². The molecule has 0 aliphatic rings. The molecule has 7 heteroatoms. The van der Waals surface area contributed by atoms with Gasteiger partial charge in [-0.1, -0.05) is 0 Å². The Hall–Kier alpha value is 0.710. The van der Waals surface area contributed by atoms with Crippen molar-refractivity contribution < 1.29 is 13.0 Å². The number of halogens is 2. The molecule has 0 fully saturated rings. The van der Waals surface area contributed by atoms with Crippen LogP contribution in [0.2, 0.25) is 10.0 Å². The predicted octanol–water partition coefficient (Wildman–Crippen LogP) is 1.03. The monoisotopic (exact) mass is 248 g/mol. The van der Waals surface area contributed by atoms with E-state index >= 15 is 0 Å². The molecule has 1 N–H and O–H groups in total. The van der Waals surface area contributed by atoms with Gasteiger partial charge < -0.3 is 0 Å². The molecule has 0 aromatic heterocycles. The molecule has 0 amide bonds. The van der Waals surface area contributed by atoms with Crippen LogP contribution in [-0.4, -0.2) is 40.9 Å². The predicted molar refractivity (Wildman–Crippen MR) is 51.7 cm³/mol. The second kappa shape index (κ2) is 4.06. The van der Waals surface area contributed by atoms with Gasteiger partial charge in [0.25, 0.3) is 0 Å². The molecule has 0 spiro atoms. The van der Waals surface area contributed by atoms with Crippen LogP contribution in [0.1, 0.15) is 0 Å². The third kappa shape index (κ3) is 2.59. The summed E-state index contributed by atoms with van der Waals surface area (Å²) in [5.74, 6) is 0. The number of hydrogen-bond donors (Lipinski definition) is 1. The molecule has 13 heavy (non-hydrogen) atoms. The molecule has 0 radical (unpaired) electrons. The average molecular weight is 249 g/mol. The summed E-state index contributed by atoms with van der Waals surface area (Å²) in [6, 6.07) is 2.84. The van der Waals surface area contributed by atoms with Crippen LogP contribution in [0.5, 0.6) is 0 Å². The van der Waals surface area contributed by atoms with Gasteiger partial charge in [0.1, 0.15) is 0 Å². The van der Waals surface area contributed by atoms with Crippen LogP contribution < -0.4 is 2.81 Å². The molecule has 0 bridgehead atoms. The van der Waals surface area contributed by atoms with Crippen molar-refractivity contribution >= 4 is 64.1 Å². The van der Waals surface area contributed by atoms with Gasteiger partial charge in [0.15, 0.2) is 0 Å². The van der Waals surface area contributed by atoms with Crippen LogP contribution in [0.15, 0.2) is 17.0 Å². The Bertz CT molecular complexity index is 443. The van der Waals surface area contributed by atoms with Crippen molar-refractivity contribution in [1.29, 1.82) is 0 Å². The second-order valence-corrected chi connectivity index (χ2v) is 5.63. The van der Waals surface area contributed by atoms with Gasteiger partial charge in [-0.2, -0.15) is 0 Å². The Morgan fingerprint density at radius 3 is 2.08 bits per heavy atom. The fraction of sp³-hybridized carbons (Fsp3) is 0. The molecule has 0 heterocycles. The summed E-state index contributed by atoms with van der Waals surface area (Å²) in [7, 11) is -4.27. The van der Waals surface area contributed by atoms with Gasteiger partial charge in [0, 0.05) is 0 Å². The average Bonchev–Trinajstić information content (AvgIpc) is 1.95. The number of rotatable bonds is 1. The van der Waals surface area contributed by atoms with E-state index in [-0.39, 0.29) is 9.92 Å². The standard InChI is InChI=1S/C6H3Cl2O3S.Na/c7-4-1-2-5(8)6(3-4)12(9,10)11;/h1-2H,(H,9,10,11);. The van der Waals surface area contributed by atoms with E-state index in [1.54, 1.807) is 0 Å². The second-order valence-electron chi connectivity index (χ2n) is 2.46. The van der Waals surface area contributed by atoms with Gasteiger partial charge in [0.05, 0.1) is 0 Å². The Morgan fingerprint density at radius 1 is 1.23 bits per heavy atom. The molecule has 1 aromatic rings. The maximum atomic E-state index is 10.9. The third-order valence-electron chi connectivity index (χ3n) is 1.55. The summed E-state index contributed by atoms with van der Waals surface area (Å²) in [6.45, 7) is 0. The molecule has 0 unspecified atom stereocenters. The Labute approximate surface area is 103 Å². The van der Waals surface area contributed by atoms with Crippen LogP contribution in [0.3, 0.4) is 0 Å². The summed E-state index contributed by atoms with van der Waals surface area (Å²) in [5.41, 5.74) is 0. The summed E-state index contributed by atoms with van der Waals surface area (Å²) < 4.78 is 30.9. The van der Waals surface area contributed by atoms with E-state index in [1.165, 1.54) is 12.1 Å². The molecule has 0 aliphatic carbocycles. The Balaban J connectivity index is 3.62. The van der Waals surface area contributed by atoms with Gasteiger partial charge in [-0.15, -0.1) is 0 Å². The van der Waals surface area contributed by atoms with E-state index in [2.05, 4.69) is 0 Å². The van der Waals surface area contributed by atoms with Gasteiger partial charge in [-0.05, 0) is 0 Å². The van der Waals surface area contributed by atoms with Crippen molar-refractivity contribution in [3.05, 3.63) is 22.2 Å². The zero-order chi connectivity index (χ0) is 10.2. The molecule has 0 atom stereocenters. The van der Waals surface area contributed by atoms with Crippen molar-refractivity contribution in [3.8, 4) is 0 Å². The van der Waals surface area contributed by atoms with E-state index in [0.717, 1.165) is 0 Å². The first-order valence-electron chi connectivity index (χ1n) is 3.26. The van der Waals surface area contributed by atoms with Crippen molar-refractivity contribution in [2.75, 3.05) is 0 Å². The quantitative estimate of drug-likeness (QED) is 0.597. The first kappa shape index (κ1) is 11.8. The number of benzene rings is 1. The first-order chi connectivity index (χ1) is 5.84. The normalized spacial score (nSPS) is 11.8. The zero-order valence-corrected chi connectivity index (χ0v) is 10.9. The molecular weight excluding hydrogens is 246 g/mol. The number of hydrogen-bond acceptors (Lipinski definition) is 2. The first-order valence-corrected chi connectivity index (χ1v) is 6.45. The van der Waals surface area contributed by atoms with Crippen LogP contribution in [0.25, 0.3) is 0 Å². The van der Waals surface area contributed by atoms with Crippen LogP contribution in [0.4, 0.5) is 0 Å². The maximum absolute atomic E-state index is 10.9. The van der Waals surface area contributed by atoms with Crippen LogP contribution in [0, 0.1) is 0 Å². The van der Waals surface area contributed by atoms with E-state index in [0.29, 0.717) is 35.8 Å². The van der Waals surface area contributed by atoms with Gasteiger partial charge in [0.2, 0.25) is 0 Å². The van der Waals surface area contributed by atoms with E-state index < -0.39 is 10.1 Å². The fourth-order valence-electron chi connectivity index (χ4n) is 0.951. The minimum absolute atomic E-state index is 0.00287. The molecule has 1 rings (SSSR count). The molecule has 66 valence electrons. The van der Waals surface area contributed by atoms with Crippen molar-refractivity contribution in [2.24, 2.45) is 0 Å². The molecule has 3 nitrogen and oxygen atoms in total. The van der Waals surface area contributed by atoms with Crippen molar-refractivity contribution in [3.63, 3.8) is 0 Å². The molecule has 0 saturated heterocycles. The minimum atomic E-state index is -4.27. The van der Waals surface area contributed by atoms with Gasteiger partial charge in [-0.25, -0.2) is 0 Å². The third-order valence-corrected chi connectivity index (χ3v) is 5.15. The summed E-state index contributed by atoms with van der Waals surface area (Å²) in [5, 5.41) is 0.306. The Kier molecular flexibility index (Phi) is 3.68. The molecule has 0 saturated carbocycles. The van der Waals surface area contributed by atoms with Crippen molar-refractivity contribution in [2.45, 2.75) is 4.90 Å². The molecular formula is C6H3Cl2NaO3S. The van der Waals surface area contributed by atoms with Crippen LogP contribution >= 0.6 is 23.2 Å². The topological polar surface area (TPSA) is 54.4 Å². The Morgan fingerprint density at radius 2 is 1.69 bits per heavy atom. The fourth-order valence-corrected chi connectivity index (χ4v) is 3.84. The SMILES string of the molecule is O=S(=O)(O)c1c(Cl)ccc(Cl)[c]1[Na]. The van der Waals surface area contributed by atoms with E-state index in [1.807, 2.05) is 0 Å². The van der Waals surface area contributed by atoms with Crippen molar-refractivity contribution in [1.82, 2.24) is 0 Å². The van der Waals surface area contributed by atoms with E-state index in [9.17, 15) is 8.42 Å².